The van der Waals surface area contributed by atoms with Crippen molar-refractivity contribution in [1.29, 1.82) is 0 Å². The van der Waals surface area contributed by atoms with Crippen molar-refractivity contribution in [3.8, 4) is 0 Å². The molecule has 4 rings (SSSR count). The number of halogens is 1. The summed E-state index contributed by atoms with van der Waals surface area (Å²) in [4.78, 5) is 0. The molecule has 0 amide bonds. The first-order valence-electron chi connectivity index (χ1n) is 8.54. The molecule has 0 radical (unpaired) electrons. The molecule has 0 bridgehead atoms. The Hall–Kier alpha value is -2.89. The molecule has 0 nitrogen and oxygen atoms in total. The molecule has 1 unspecified atom stereocenters. The molecule has 3 aromatic rings. The zero-order valence-electron chi connectivity index (χ0n) is 14.2. The summed E-state index contributed by atoms with van der Waals surface area (Å²) in [5.41, 5.74) is 9.48. The summed E-state index contributed by atoms with van der Waals surface area (Å²) in [7, 11) is 0. The Morgan fingerprint density at radius 1 is 0.800 bits per heavy atom. The van der Waals surface area contributed by atoms with E-state index >= 15 is 0 Å². The SMILES string of the molecule is CC1(c2ccc(F)cc2)CC1=C=C(c1ccccc1)c1ccccc1. The van der Waals surface area contributed by atoms with E-state index in [1.807, 2.05) is 24.3 Å². The van der Waals surface area contributed by atoms with Gasteiger partial charge in [-0.15, -0.1) is 5.73 Å². The van der Waals surface area contributed by atoms with Crippen molar-refractivity contribution in [2.24, 2.45) is 0 Å². The molecule has 0 aromatic heterocycles. The van der Waals surface area contributed by atoms with E-state index in [0.29, 0.717) is 0 Å². The van der Waals surface area contributed by atoms with E-state index in [1.54, 1.807) is 0 Å². The number of benzene rings is 3. The van der Waals surface area contributed by atoms with Crippen LogP contribution in [0.4, 0.5) is 4.39 Å². The van der Waals surface area contributed by atoms with Crippen LogP contribution in [-0.2, 0) is 5.41 Å². The Kier molecular flexibility index (Phi) is 3.87. The molecule has 1 atom stereocenters. The molecule has 3 aromatic carbocycles. The lowest BCUT2D eigenvalue weighted by atomic mass is 9.95. The highest BCUT2D eigenvalue weighted by Gasteiger charge is 2.45. The minimum atomic E-state index is -0.191. The summed E-state index contributed by atoms with van der Waals surface area (Å²) in [6, 6.07) is 27.6. The number of hydrogen-bond acceptors (Lipinski definition) is 0. The van der Waals surface area contributed by atoms with E-state index in [4.69, 9.17) is 0 Å². The molecule has 1 fully saturated rings. The van der Waals surface area contributed by atoms with Crippen molar-refractivity contribution in [3.05, 3.63) is 119 Å². The third-order valence-corrected chi connectivity index (χ3v) is 4.95. The molecule has 1 aliphatic carbocycles. The summed E-state index contributed by atoms with van der Waals surface area (Å²) in [5.74, 6) is -0.191. The van der Waals surface area contributed by atoms with Crippen LogP contribution in [0.25, 0.3) is 5.57 Å². The van der Waals surface area contributed by atoms with Crippen LogP contribution < -0.4 is 0 Å². The second-order valence-corrected chi connectivity index (χ2v) is 6.73. The first-order chi connectivity index (χ1) is 12.2. The molecule has 0 N–H and O–H groups in total. The van der Waals surface area contributed by atoms with E-state index in [2.05, 4.69) is 61.2 Å². The van der Waals surface area contributed by atoms with Gasteiger partial charge in [-0.25, -0.2) is 4.39 Å². The van der Waals surface area contributed by atoms with Gasteiger partial charge in [-0.3, -0.25) is 0 Å². The summed E-state index contributed by atoms with van der Waals surface area (Å²) in [5, 5.41) is 0. The van der Waals surface area contributed by atoms with E-state index in [0.717, 1.165) is 28.7 Å². The fourth-order valence-corrected chi connectivity index (χ4v) is 3.26. The van der Waals surface area contributed by atoms with Crippen molar-refractivity contribution >= 4 is 5.57 Å². The van der Waals surface area contributed by atoms with Crippen LogP contribution in [0, 0.1) is 5.82 Å². The van der Waals surface area contributed by atoms with Gasteiger partial charge in [0.2, 0.25) is 0 Å². The van der Waals surface area contributed by atoms with Crippen LogP contribution in [-0.4, -0.2) is 0 Å². The van der Waals surface area contributed by atoms with Gasteiger partial charge in [0.25, 0.3) is 0 Å². The summed E-state index contributed by atoms with van der Waals surface area (Å²) < 4.78 is 13.2. The average Bonchev–Trinajstić information content (AvgIpc) is 3.32. The van der Waals surface area contributed by atoms with Crippen molar-refractivity contribution in [3.63, 3.8) is 0 Å². The zero-order chi connectivity index (χ0) is 17.3. The molecule has 0 heterocycles. The van der Waals surface area contributed by atoms with Gasteiger partial charge in [0.1, 0.15) is 5.82 Å². The molecule has 1 heteroatoms. The molecule has 1 aliphatic rings. The molecular formula is C24H19F. The van der Waals surface area contributed by atoms with E-state index < -0.39 is 0 Å². The molecule has 0 saturated heterocycles. The van der Waals surface area contributed by atoms with Gasteiger partial charge in [0, 0.05) is 11.0 Å². The lowest BCUT2D eigenvalue weighted by Gasteiger charge is -2.08. The van der Waals surface area contributed by atoms with Gasteiger partial charge in [0.05, 0.1) is 0 Å². The maximum absolute atomic E-state index is 13.2. The minimum Gasteiger partial charge on any atom is -0.207 e. The van der Waals surface area contributed by atoms with Crippen LogP contribution in [0.2, 0.25) is 0 Å². The summed E-state index contributed by atoms with van der Waals surface area (Å²) in [6.45, 7) is 2.20. The molecule has 0 aliphatic heterocycles. The second kappa shape index (κ2) is 6.20. The van der Waals surface area contributed by atoms with Crippen molar-refractivity contribution < 1.29 is 4.39 Å². The van der Waals surface area contributed by atoms with Gasteiger partial charge < -0.3 is 0 Å². The minimum absolute atomic E-state index is 0.0392. The zero-order valence-corrected chi connectivity index (χ0v) is 14.2. The Morgan fingerprint density at radius 3 is 1.84 bits per heavy atom. The predicted octanol–water partition coefficient (Wildman–Crippen LogP) is 6.14. The van der Waals surface area contributed by atoms with Crippen LogP contribution in [0.15, 0.2) is 96.2 Å². The van der Waals surface area contributed by atoms with Crippen molar-refractivity contribution in [2.45, 2.75) is 18.8 Å². The highest BCUT2D eigenvalue weighted by molar-refractivity contribution is 5.80. The normalized spacial score (nSPS) is 18.6. The fourth-order valence-electron chi connectivity index (χ4n) is 3.26. The molecular weight excluding hydrogens is 307 g/mol. The first kappa shape index (κ1) is 15.6. The summed E-state index contributed by atoms with van der Waals surface area (Å²) >= 11 is 0. The number of rotatable bonds is 3. The van der Waals surface area contributed by atoms with Crippen molar-refractivity contribution in [1.82, 2.24) is 0 Å². The Balaban J connectivity index is 1.83. The average molecular weight is 326 g/mol. The van der Waals surface area contributed by atoms with Gasteiger partial charge in [-0.05, 0) is 40.8 Å². The Labute approximate surface area is 148 Å². The standard InChI is InChI=1S/C24H19F/c1-24(20-12-14-22(25)15-13-20)17-21(24)16-23(18-8-4-2-5-9-18)19-10-6-3-7-11-19/h2-15H,17H2,1H3. The lowest BCUT2D eigenvalue weighted by molar-refractivity contribution is 0.626. The number of allylic oxidation sites excluding steroid dienone is 1. The molecule has 1 saturated carbocycles. The molecule has 0 spiro atoms. The second-order valence-electron chi connectivity index (χ2n) is 6.73. The maximum Gasteiger partial charge on any atom is 0.123 e. The Bertz CT molecular complexity index is 904. The van der Waals surface area contributed by atoms with Gasteiger partial charge >= 0.3 is 0 Å². The third-order valence-electron chi connectivity index (χ3n) is 4.95. The quantitative estimate of drug-likeness (QED) is 0.507. The van der Waals surface area contributed by atoms with Crippen molar-refractivity contribution in [2.75, 3.05) is 0 Å². The van der Waals surface area contributed by atoms with E-state index in [9.17, 15) is 4.39 Å². The van der Waals surface area contributed by atoms with Gasteiger partial charge in [0.15, 0.2) is 0 Å². The van der Waals surface area contributed by atoms with Crippen LogP contribution in [0.5, 0.6) is 0 Å². The fraction of sp³-hybridized carbons (Fsp3) is 0.125. The first-order valence-corrected chi connectivity index (χ1v) is 8.54. The maximum atomic E-state index is 13.2. The topological polar surface area (TPSA) is 0 Å². The summed E-state index contributed by atoms with van der Waals surface area (Å²) in [6.07, 6.45) is 0.960. The molecule has 25 heavy (non-hydrogen) atoms. The third kappa shape index (κ3) is 3.07. The smallest absolute Gasteiger partial charge is 0.123 e. The van der Waals surface area contributed by atoms with E-state index in [1.165, 1.54) is 17.7 Å². The van der Waals surface area contributed by atoms with Crippen LogP contribution >= 0.6 is 0 Å². The number of hydrogen-bond donors (Lipinski definition) is 0. The largest absolute Gasteiger partial charge is 0.207 e. The molecule has 122 valence electrons. The van der Waals surface area contributed by atoms with E-state index in [-0.39, 0.29) is 11.2 Å². The lowest BCUT2D eigenvalue weighted by Crippen LogP contribution is -2.00. The highest BCUT2D eigenvalue weighted by Crippen LogP contribution is 2.53. The van der Waals surface area contributed by atoms with Crippen LogP contribution in [0.1, 0.15) is 30.0 Å². The van der Waals surface area contributed by atoms with Gasteiger partial charge in [-0.2, -0.15) is 0 Å². The predicted molar refractivity (Wildman–Crippen MR) is 101 cm³/mol. The van der Waals surface area contributed by atoms with Crippen LogP contribution in [0.3, 0.4) is 0 Å². The highest BCUT2D eigenvalue weighted by atomic mass is 19.1. The monoisotopic (exact) mass is 326 g/mol. The van der Waals surface area contributed by atoms with Gasteiger partial charge in [-0.1, -0.05) is 79.7 Å². The Morgan fingerprint density at radius 2 is 1.32 bits per heavy atom.